The molecule has 8 aromatic carbocycles. The Morgan fingerprint density at radius 2 is 0.836 bits per heavy atom. The molecule has 0 fully saturated rings. The van der Waals surface area contributed by atoms with Crippen LogP contribution < -0.4 is 25.4 Å². The first-order valence-electron chi connectivity index (χ1n) is 19.4. The van der Waals surface area contributed by atoms with E-state index in [-0.39, 0.29) is 0 Å². The number of para-hydroxylation sites is 3. The zero-order chi connectivity index (χ0) is 37.7. The van der Waals surface area contributed by atoms with Crippen molar-refractivity contribution in [2.75, 3.05) is 9.80 Å². The van der Waals surface area contributed by atoms with Gasteiger partial charge in [0.15, 0.2) is 0 Å². The van der Waals surface area contributed by atoms with E-state index in [4.69, 9.17) is 0 Å². The zero-order valence-corrected chi connectivity index (χ0v) is 34.3. The monoisotopic (exact) mass is 742 g/mol. The number of nitrogens with zero attached hydrogens (tertiary/aromatic N) is 2. The van der Waals surface area contributed by atoms with E-state index < -0.39 is 16.1 Å². The summed E-state index contributed by atoms with van der Waals surface area (Å²) in [5.41, 5.74) is 12.2. The molecule has 1 aliphatic rings. The normalized spacial score (nSPS) is 13.0. The predicted octanol–water partition coefficient (Wildman–Crippen LogP) is 12.8. The fourth-order valence-electron chi connectivity index (χ4n) is 8.50. The van der Waals surface area contributed by atoms with Gasteiger partial charge in [-0.2, -0.15) is 0 Å². The van der Waals surface area contributed by atoms with Crippen molar-refractivity contribution < 1.29 is 0 Å². The van der Waals surface area contributed by atoms with Gasteiger partial charge in [0.1, 0.15) is 8.07 Å². The maximum absolute atomic E-state index is 2.53. The molecule has 0 atom stereocenters. The number of rotatable bonds is 8. The van der Waals surface area contributed by atoms with Gasteiger partial charge in [0.2, 0.25) is 0 Å². The topological polar surface area (TPSA) is 6.48 Å². The van der Waals surface area contributed by atoms with Crippen LogP contribution in [0.5, 0.6) is 0 Å². The van der Waals surface area contributed by atoms with E-state index in [0.29, 0.717) is 0 Å². The Kier molecular flexibility index (Phi) is 8.68. The highest BCUT2D eigenvalue weighted by Gasteiger charge is 2.36. The molecule has 0 amide bonds. The van der Waals surface area contributed by atoms with Crippen LogP contribution in [0.25, 0.3) is 33.0 Å². The molecule has 0 bridgehead atoms. The molecule has 2 nitrogen and oxygen atoms in total. The van der Waals surface area contributed by atoms with Gasteiger partial charge in [-0.05, 0) is 116 Å². The summed E-state index contributed by atoms with van der Waals surface area (Å²) >= 11 is 0. The standard InChI is InChI=1S/C51H46N2Si2/c1-54(2,3)44-31-28-42(29-32-44)53(40-20-13-8-14-21-40)43-30-33-46-48-35-34-45(47-22-15-23-49(51(47)48)55(4,5)50(46)36-43)37-24-26-41(27-25-37)52(38-16-9-6-10-17-38)39-18-11-7-12-19-39/h6-36H,1-5H3. The SMILES string of the molecule is C[Si](C)(C)c1ccc(N(c2ccccc2)c2ccc3c(c2)[Si](C)(C)c2cccc4c(-c5ccc(N(c6ccccc6)c6ccccc6)cc5)ccc-3c24)cc1. The first-order chi connectivity index (χ1) is 26.7. The van der Waals surface area contributed by atoms with E-state index in [1.54, 1.807) is 0 Å². The van der Waals surface area contributed by atoms with Crippen molar-refractivity contribution in [1.29, 1.82) is 0 Å². The Morgan fingerprint density at radius 3 is 1.38 bits per heavy atom. The van der Waals surface area contributed by atoms with Gasteiger partial charge in [0.25, 0.3) is 0 Å². The molecule has 1 heterocycles. The van der Waals surface area contributed by atoms with Crippen molar-refractivity contribution in [2.24, 2.45) is 0 Å². The Labute approximate surface area is 328 Å². The summed E-state index contributed by atoms with van der Waals surface area (Å²) < 4.78 is 0. The van der Waals surface area contributed by atoms with Gasteiger partial charge >= 0.3 is 0 Å². The lowest BCUT2D eigenvalue weighted by molar-refractivity contribution is 1.28. The van der Waals surface area contributed by atoms with E-state index in [9.17, 15) is 0 Å². The van der Waals surface area contributed by atoms with Gasteiger partial charge in [0, 0.05) is 34.1 Å². The molecule has 0 aromatic heterocycles. The highest BCUT2D eigenvalue weighted by Crippen LogP contribution is 2.42. The molecule has 0 N–H and O–H groups in total. The molecule has 55 heavy (non-hydrogen) atoms. The van der Waals surface area contributed by atoms with E-state index >= 15 is 0 Å². The van der Waals surface area contributed by atoms with Crippen LogP contribution in [0.15, 0.2) is 188 Å². The van der Waals surface area contributed by atoms with Crippen LogP contribution in [-0.4, -0.2) is 16.1 Å². The molecule has 0 unspecified atom stereocenters. The Balaban J connectivity index is 1.13. The summed E-state index contributed by atoms with van der Waals surface area (Å²) in [5, 5.41) is 7.22. The Morgan fingerprint density at radius 1 is 0.382 bits per heavy atom. The second-order valence-corrected chi connectivity index (χ2v) is 25.7. The van der Waals surface area contributed by atoms with Crippen molar-refractivity contribution in [2.45, 2.75) is 32.7 Å². The Hall–Kier alpha value is -5.95. The van der Waals surface area contributed by atoms with Crippen molar-refractivity contribution in [3.8, 4) is 22.3 Å². The third-order valence-corrected chi connectivity index (χ3v) is 17.0. The van der Waals surface area contributed by atoms with Crippen LogP contribution in [0.1, 0.15) is 0 Å². The molecule has 268 valence electrons. The Bertz CT molecular complexity index is 2590. The summed E-state index contributed by atoms with van der Waals surface area (Å²) in [5.74, 6) is 0. The molecule has 0 spiro atoms. The number of hydrogen-bond donors (Lipinski definition) is 0. The first-order valence-corrected chi connectivity index (χ1v) is 25.9. The average Bonchev–Trinajstić information content (AvgIpc) is 3.21. The number of anilines is 6. The second-order valence-electron chi connectivity index (χ2n) is 16.3. The van der Waals surface area contributed by atoms with Crippen molar-refractivity contribution in [1.82, 2.24) is 0 Å². The van der Waals surface area contributed by atoms with Crippen molar-refractivity contribution in [3.63, 3.8) is 0 Å². The molecule has 9 rings (SSSR count). The smallest absolute Gasteiger partial charge is 0.113 e. The maximum atomic E-state index is 2.53. The van der Waals surface area contributed by atoms with E-state index in [0.717, 1.165) is 17.1 Å². The quantitative estimate of drug-likeness (QED) is 0.143. The second kappa shape index (κ2) is 13.7. The minimum atomic E-state index is -2.13. The van der Waals surface area contributed by atoms with E-state index in [1.807, 2.05) is 0 Å². The summed E-state index contributed by atoms with van der Waals surface area (Å²) in [6.45, 7) is 12.3. The summed E-state index contributed by atoms with van der Waals surface area (Å²) in [6, 6.07) is 69.4. The molecule has 0 saturated heterocycles. The number of benzene rings is 8. The third kappa shape index (κ3) is 6.22. The fourth-order valence-corrected chi connectivity index (χ4v) is 12.8. The van der Waals surface area contributed by atoms with Gasteiger partial charge in [0.05, 0.1) is 8.07 Å². The lowest BCUT2D eigenvalue weighted by atomic mass is 9.91. The van der Waals surface area contributed by atoms with Gasteiger partial charge in [-0.15, -0.1) is 0 Å². The molecule has 1 aliphatic heterocycles. The van der Waals surface area contributed by atoms with Crippen molar-refractivity contribution in [3.05, 3.63) is 188 Å². The van der Waals surface area contributed by atoms with Crippen LogP contribution in [0.2, 0.25) is 32.7 Å². The minimum absolute atomic E-state index is 1.14. The van der Waals surface area contributed by atoms with Gasteiger partial charge in [-0.25, -0.2) is 0 Å². The molecule has 0 aliphatic carbocycles. The van der Waals surface area contributed by atoms with Crippen LogP contribution in [-0.2, 0) is 0 Å². The fraction of sp³-hybridized carbons (Fsp3) is 0.0980. The molecule has 0 saturated carbocycles. The molecular formula is C51H46N2Si2. The number of fused-ring (bicyclic) bond motifs is 2. The van der Waals surface area contributed by atoms with Crippen LogP contribution >= 0.6 is 0 Å². The van der Waals surface area contributed by atoms with E-state index in [2.05, 4.69) is 231 Å². The average molecular weight is 743 g/mol. The largest absolute Gasteiger partial charge is 0.311 e. The van der Waals surface area contributed by atoms with Crippen molar-refractivity contribution >= 4 is 76.6 Å². The first kappa shape index (κ1) is 34.8. The van der Waals surface area contributed by atoms with Crippen LogP contribution in [0.3, 0.4) is 0 Å². The van der Waals surface area contributed by atoms with Gasteiger partial charge in [-0.3, -0.25) is 0 Å². The number of hydrogen-bond acceptors (Lipinski definition) is 2. The predicted molar refractivity (Wildman–Crippen MR) is 244 cm³/mol. The summed E-state index contributed by atoms with van der Waals surface area (Å²) in [6.07, 6.45) is 0. The third-order valence-electron chi connectivity index (χ3n) is 11.4. The molecule has 4 heteroatoms. The summed E-state index contributed by atoms with van der Waals surface area (Å²) in [7, 11) is -3.54. The van der Waals surface area contributed by atoms with E-state index in [1.165, 1.54) is 65.6 Å². The lowest BCUT2D eigenvalue weighted by Crippen LogP contribution is -2.56. The highest BCUT2D eigenvalue weighted by atomic mass is 28.3. The maximum Gasteiger partial charge on any atom is 0.113 e. The molecule has 8 aromatic rings. The highest BCUT2D eigenvalue weighted by molar-refractivity contribution is 7.03. The van der Waals surface area contributed by atoms with Gasteiger partial charge in [-0.1, -0.05) is 153 Å². The lowest BCUT2D eigenvalue weighted by Gasteiger charge is -2.35. The molecule has 0 radical (unpaired) electrons. The molecular weight excluding hydrogens is 697 g/mol. The minimum Gasteiger partial charge on any atom is -0.311 e. The van der Waals surface area contributed by atoms with Gasteiger partial charge < -0.3 is 9.80 Å². The van der Waals surface area contributed by atoms with Crippen LogP contribution in [0.4, 0.5) is 34.1 Å². The zero-order valence-electron chi connectivity index (χ0n) is 32.3. The van der Waals surface area contributed by atoms with Crippen LogP contribution in [0, 0.1) is 0 Å². The summed E-state index contributed by atoms with van der Waals surface area (Å²) in [4.78, 5) is 4.75.